The van der Waals surface area contributed by atoms with E-state index in [-0.39, 0.29) is 6.04 Å². The minimum absolute atomic E-state index is 0.0833. The molecular formula is C17H22N2O. The average Bonchev–Trinajstić information content (AvgIpc) is 3.17. The highest BCUT2D eigenvalue weighted by Gasteiger charge is 2.37. The zero-order chi connectivity index (χ0) is 13.5. The number of amides is 1. The fourth-order valence-corrected chi connectivity index (χ4v) is 3.71. The summed E-state index contributed by atoms with van der Waals surface area (Å²) in [7, 11) is 0. The summed E-state index contributed by atoms with van der Waals surface area (Å²) < 4.78 is 0. The number of likely N-dealkylation sites (tertiary alicyclic amines) is 1. The third-order valence-corrected chi connectivity index (χ3v) is 4.96. The molecule has 1 N–H and O–H groups in total. The number of hydrogen-bond donors (Lipinski definition) is 1. The lowest BCUT2D eigenvalue weighted by Gasteiger charge is -2.37. The van der Waals surface area contributed by atoms with E-state index in [0.717, 1.165) is 32.2 Å². The maximum atomic E-state index is 12.7. The number of piperidine rings is 1. The summed E-state index contributed by atoms with van der Waals surface area (Å²) in [6.07, 6.45) is 6.74. The van der Waals surface area contributed by atoms with Gasteiger partial charge in [-0.15, -0.1) is 0 Å². The van der Waals surface area contributed by atoms with Crippen LogP contribution in [0, 0.1) is 0 Å². The van der Waals surface area contributed by atoms with E-state index in [0.29, 0.717) is 18.0 Å². The van der Waals surface area contributed by atoms with Crippen LogP contribution >= 0.6 is 0 Å². The largest absolute Gasteiger partial charge is 0.338 e. The molecule has 0 aromatic heterocycles. The molecule has 3 aliphatic rings. The number of carbonyl (C=O) groups is 1. The molecular weight excluding hydrogens is 248 g/mol. The quantitative estimate of drug-likeness (QED) is 0.910. The van der Waals surface area contributed by atoms with Crippen molar-refractivity contribution < 1.29 is 4.79 Å². The molecule has 1 saturated carbocycles. The molecule has 20 heavy (non-hydrogen) atoms. The zero-order valence-electron chi connectivity index (χ0n) is 11.8. The Balaban J connectivity index is 1.47. The third-order valence-electron chi connectivity index (χ3n) is 4.96. The lowest BCUT2D eigenvalue weighted by molar-refractivity contribution is -0.138. The number of rotatable bonds is 3. The second kappa shape index (κ2) is 4.88. The van der Waals surface area contributed by atoms with Crippen molar-refractivity contribution >= 4 is 5.91 Å². The van der Waals surface area contributed by atoms with Crippen LogP contribution in [0.4, 0.5) is 0 Å². The highest BCUT2D eigenvalue weighted by molar-refractivity contribution is 5.83. The molecule has 1 aromatic carbocycles. The molecule has 3 nitrogen and oxygen atoms in total. The van der Waals surface area contributed by atoms with E-state index in [9.17, 15) is 4.79 Å². The highest BCUT2D eigenvalue weighted by Crippen LogP contribution is 2.29. The molecule has 1 heterocycles. The van der Waals surface area contributed by atoms with Gasteiger partial charge in [0.05, 0.1) is 6.04 Å². The van der Waals surface area contributed by atoms with Crippen LogP contribution in [0.5, 0.6) is 0 Å². The van der Waals surface area contributed by atoms with Crippen molar-refractivity contribution in [1.82, 2.24) is 10.2 Å². The van der Waals surface area contributed by atoms with E-state index in [1.807, 2.05) is 0 Å². The highest BCUT2D eigenvalue weighted by atomic mass is 16.2. The Kier molecular flexibility index (Phi) is 3.03. The predicted octanol–water partition coefficient (Wildman–Crippen LogP) is 1.90. The van der Waals surface area contributed by atoms with Crippen LogP contribution in [0.2, 0.25) is 0 Å². The van der Waals surface area contributed by atoms with Crippen LogP contribution in [0.25, 0.3) is 0 Å². The zero-order valence-corrected chi connectivity index (χ0v) is 11.8. The summed E-state index contributed by atoms with van der Waals surface area (Å²) in [6, 6.07) is 9.73. The monoisotopic (exact) mass is 270 g/mol. The molecule has 2 aliphatic carbocycles. The normalized spacial score (nSPS) is 26.9. The van der Waals surface area contributed by atoms with Crippen molar-refractivity contribution in [1.29, 1.82) is 0 Å². The molecule has 0 bridgehead atoms. The lowest BCUT2D eigenvalue weighted by Crippen LogP contribution is -2.54. The number of nitrogens with one attached hydrogen (secondary N) is 1. The molecule has 1 atom stereocenters. The van der Waals surface area contributed by atoms with Crippen molar-refractivity contribution in [2.45, 2.75) is 56.7 Å². The van der Waals surface area contributed by atoms with Crippen molar-refractivity contribution in [3.05, 3.63) is 35.4 Å². The van der Waals surface area contributed by atoms with E-state index in [1.54, 1.807) is 0 Å². The van der Waals surface area contributed by atoms with Gasteiger partial charge < -0.3 is 10.2 Å². The third kappa shape index (κ3) is 2.24. The van der Waals surface area contributed by atoms with E-state index in [1.165, 1.54) is 24.0 Å². The van der Waals surface area contributed by atoms with Crippen LogP contribution in [-0.2, 0) is 17.6 Å². The van der Waals surface area contributed by atoms with E-state index < -0.39 is 0 Å². The van der Waals surface area contributed by atoms with Gasteiger partial charge in [-0.3, -0.25) is 4.79 Å². The van der Waals surface area contributed by atoms with Crippen LogP contribution < -0.4 is 5.32 Å². The summed E-state index contributed by atoms with van der Waals surface area (Å²) >= 11 is 0. The lowest BCUT2D eigenvalue weighted by atomic mass is 10.0. The van der Waals surface area contributed by atoms with Crippen molar-refractivity contribution in [3.63, 3.8) is 0 Å². The van der Waals surface area contributed by atoms with Gasteiger partial charge in [0.1, 0.15) is 0 Å². The first-order valence-electron chi connectivity index (χ1n) is 7.94. The molecule has 3 heteroatoms. The molecule has 106 valence electrons. The minimum atomic E-state index is 0.0833. The average molecular weight is 270 g/mol. The Morgan fingerprint density at radius 2 is 1.75 bits per heavy atom. The number of fused-ring (bicyclic) bond motifs is 1. The van der Waals surface area contributed by atoms with Crippen LogP contribution in [0.1, 0.15) is 36.8 Å². The second-order valence-electron chi connectivity index (χ2n) is 6.50. The van der Waals surface area contributed by atoms with Gasteiger partial charge in [0, 0.05) is 18.6 Å². The Morgan fingerprint density at radius 1 is 1.05 bits per heavy atom. The van der Waals surface area contributed by atoms with Gasteiger partial charge in [0.25, 0.3) is 0 Å². The molecule has 1 saturated heterocycles. The van der Waals surface area contributed by atoms with Crippen LogP contribution in [0.3, 0.4) is 0 Å². The first-order chi connectivity index (χ1) is 9.81. The first-order valence-corrected chi connectivity index (χ1v) is 7.94. The minimum Gasteiger partial charge on any atom is -0.338 e. The topological polar surface area (TPSA) is 32.3 Å². The first kappa shape index (κ1) is 12.4. The summed E-state index contributed by atoms with van der Waals surface area (Å²) in [5, 5.41) is 3.53. The standard InChI is InChI=1S/C17H22N2O/c20-17-16(18-14-7-8-14)6-3-9-19(17)15-10-12-4-1-2-5-13(12)11-15/h1-2,4-5,14-16,18H,3,6-11H2. The van der Waals surface area contributed by atoms with Gasteiger partial charge in [0.15, 0.2) is 0 Å². The van der Waals surface area contributed by atoms with E-state index >= 15 is 0 Å². The predicted molar refractivity (Wildman–Crippen MR) is 78.5 cm³/mol. The Bertz CT molecular complexity index is 498. The second-order valence-corrected chi connectivity index (χ2v) is 6.50. The Hall–Kier alpha value is -1.35. The van der Waals surface area contributed by atoms with Gasteiger partial charge in [-0.05, 0) is 49.7 Å². The molecule has 0 radical (unpaired) electrons. The Morgan fingerprint density at radius 3 is 2.40 bits per heavy atom. The smallest absolute Gasteiger partial charge is 0.239 e. The molecule has 1 aromatic rings. The van der Waals surface area contributed by atoms with Crippen molar-refractivity contribution in [3.8, 4) is 0 Å². The van der Waals surface area contributed by atoms with E-state index in [2.05, 4.69) is 34.5 Å². The SMILES string of the molecule is O=C1C(NC2CC2)CCCN1C1Cc2ccccc2C1. The van der Waals surface area contributed by atoms with Gasteiger partial charge in [-0.1, -0.05) is 24.3 Å². The summed E-state index contributed by atoms with van der Waals surface area (Å²) in [5.41, 5.74) is 2.87. The molecule has 2 fully saturated rings. The van der Waals surface area contributed by atoms with Crippen molar-refractivity contribution in [2.75, 3.05) is 6.54 Å². The summed E-state index contributed by atoms with van der Waals surface area (Å²) in [6.45, 7) is 0.945. The molecule has 1 amide bonds. The molecule has 0 spiro atoms. The van der Waals surface area contributed by atoms with Gasteiger partial charge in [-0.2, -0.15) is 0 Å². The summed E-state index contributed by atoms with van der Waals surface area (Å²) in [4.78, 5) is 14.8. The number of carbonyl (C=O) groups excluding carboxylic acids is 1. The van der Waals surface area contributed by atoms with Gasteiger partial charge in [0.2, 0.25) is 5.91 Å². The summed E-state index contributed by atoms with van der Waals surface area (Å²) in [5.74, 6) is 0.348. The maximum Gasteiger partial charge on any atom is 0.239 e. The van der Waals surface area contributed by atoms with Gasteiger partial charge >= 0.3 is 0 Å². The Labute approximate surface area is 120 Å². The van der Waals surface area contributed by atoms with E-state index in [4.69, 9.17) is 0 Å². The van der Waals surface area contributed by atoms with Gasteiger partial charge in [-0.25, -0.2) is 0 Å². The van der Waals surface area contributed by atoms with Crippen LogP contribution in [-0.4, -0.2) is 35.5 Å². The number of hydrogen-bond acceptors (Lipinski definition) is 2. The maximum absolute atomic E-state index is 12.7. The van der Waals surface area contributed by atoms with Crippen LogP contribution in [0.15, 0.2) is 24.3 Å². The number of benzene rings is 1. The fourth-order valence-electron chi connectivity index (χ4n) is 3.71. The molecule has 1 unspecified atom stereocenters. The van der Waals surface area contributed by atoms with Crippen molar-refractivity contribution in [2.24, 2.45) is 0 Å². The molecule has 4 rings (SSSR count). The number of nitrogens with zero attached hydrogens (tertiary/aromatic N) is 1. The fraction of sp³-hybridized carbons (Fsp3) is 0.588. The molecule has 1 aliphatic heterocycles.